The van der Waals surface area contributed by atoms with Gasteiger partial charge in [0.1, 0.15) is 0 Å². The summed E-state index contributed by atoms with van der Waals surface area (Å²) in [6, 6.07) is 9.49. The van der Waals surface area contributed by atoms with Crippen molar-refractivity contribution in [1.82, 2.24) is 9.13 Å². The summed E-state index contributed by atoms with van der Waals surface area (Å²) in [5.41, 5.74) is 1.69. The fourth-order valence-corrected chi connectivity index (χ4v) is 1.53. The van der Waals surface area contributed by atoms with Gasteiger partial charge in [0.25, 0.3) is 0 Å². The highest BCUT2D eigenvalue weighted by Crippen LogP contribution is 2.08. The molecule has 0 amide bonds. The normalized spacial score (nSPS) is 10.0. The highest BCUT2D eigenvalue weighted by atomic mass is 16.1. The Kier molecular flexibility index (Phi) is 2.61. The van der Waals surface area contributed by atoms with E-state index < -0.39 is 0 Å². The lowest BCUT2D eigenvalue weighted by Crippen LogP contribution is -2.20. The Morgan fingerprint density at radius 1 is 1.25 bits per heavy atom. The van der Waals surface area contributed by atoms with E-state index in [9.17, 15) is 4.79 Å². The number of nitriles is 1. The Bertz CT molecular complexity index is 584. The molecular formula is C12H11N3O. The van der Waals surface area contributed by atoms with Crippen LogP contribution in [0, 0.1) is 11.3 Å². The van der Waals surface area contributed by atoms with Gasteiger partial charge in [-0.15, -0.1) is 0 Å². The Balaban J connectivity index is 2.39. The largest absolute Gasteiger partial charge is 0.332 e. The van der Waals surface area contributed by atoms with Gasteiger partial charge in [0.15, 0.2) is 0 Å². The zero-order chi connectivity index (χ0) is 11.5. The van der Waals surface area contributed by atoms with Crippen LogP contribution in [0.15, 0.2) is 41.5 Å². The summed E-state index contributed by atoms with van der Waals surface area (Å²) in [7, 11) is 1.71. The number of benzene rings is 1. The number of aromatic nitrogens is 2. The summed E-state index contributed by atoms with van der Waals surface area (Å²) in [5, 5.41) is 8.54. The van der Waals surface area contributed by atoms with Crippen molar-refractivity contribution in [3.05, 3.63) is 52.7 Å². The molecule has 0 aliphatic rings. The highest BCUT2D eigenvalue weighted by molar-refractivity contribution is 5.35. The standard InChI is InChI=1S/C12H11N3O/c1-14-8-9-15(12(14)16)11-4-2-10(3-5-11)6-7-13/h2-5,8-9H,6H2,1H3. The lowest BCUT2D eigenvalue weighted by molar-refractivity contribution is 0.824. The summed E-state index contributed by atoms with van der Waals surface area (Å²) < 4.78 is 3.08. The van der Waals surface area contributed by atoms with Crippen molar-refractivity contribution >= 4 is 0 Å². The molecule has 2 rings (SSSR count). The van der Waals surface area contributed by atoms with Crippen LogP contribution >= 0.6 is 0 Å². The van der Waals surface area contributed by atoms with Gasteiger partial charge < -0.3 is 4.57 Å². The van der Waals surface area contributed by atoms with E-state index in [4.69, 9.17) is 5.26 Å². The smallest absolute Gasteiger partial charge is 0.302 e. The third-order valence-corrected chi connectivity index (χ3v) is 2.44. The molecule has 0 spiro atoms. The topological polar surface area (TPSA) is 50.7 Å². The van der Waals surface area contributed by atoms with Gasteiger partial charge in [0, 0.05) is 19.4 Å². The number of aryl methyl sites for hydroxylation is 1. The van der Waals surface area contributed by atoms with Gasteiger partial charge in [-0.2, -0.15) is 5.26 Å². The van der Waals surface area contributed by atoms with Crippen molar-refractivity contribution in [2.24, 2.45) is 7.05 Å². The second kappa shape index (κ2) is 4.07. The number of imidazole rings is 1. The van der Waals surface area contributed by atoms with Crippen LogP contribution < -0.4 is 5.69 Å². The second-order valence-corrected chi connectivity index (χ2v) is 3.56. The van der Waals surface area contributed by atoms with Crippen LogP contribution in [-0.2, 0) is 13.5 Å². The van der Waals surface area contributed by atoms with E-state index in [1.807, 2.05) is 24.3 Å². The molecule has 0 aliphatic carbocycles. The first-order valence-corrected chi connectivity index (χ1v) is 4.92. The molecule has 0 radical (unpaired) electrons. The van der Waals surface area contributed by atoms with Gasteiger partial charge in [-0.3, -0.25) is 4.57 Å². The molecule has 4 heteroatoms. The third kappa shape index (κ3) is 1.75. The maximum atomic E-state index is 11.7. The predicted octanol–water partition coefficient (Wildman–Crippen LogP) is 1.24. The van der Waals surface area contributed by atoms with E-state index in [1.54, 1.807) is 24.0 Å². The first-order chi connectivity index (χ1) is 7.72. The molecule has 1 aromatic heterocycles. The summed E-state index contributed by atoms with van der Waals surface area (Å²) in [5.74, 6) is 0. The third-order valence-electron chi connectivity index (χ3n) is 2.44. The molecule has 2 aromatic rings. The summed E-state index contributed by atoms with van der Waals surface area (Å²) >= 11 is 0. The van der Waals surface area contributed by atoms with E-state index in [1.165, 1.54) is 4.57 Å². The van der Waals surface area contributed by atoms with Crippen molar-refractivity contribution in [3.63, 3.8) is 0 Å². The Morgan fingerprint density at radius 2 is 1.94 bits per heavy atom. The van der Waals surface area contributed by atoms with E-state index >= 15 is 0 Å². The van der Waals surface area contributed by atoms with Gasteiger partial charge in [-0.1, -0.05) is 12.1 Å². The Hall–Kier alpha value is -2.28. The highest BCUT2D eigenvalue weighted by Gasteiger charge is 2.02. The predicted molar refractivity (Wildman–Crippen MR) is 60.3 cm³/mol. The molecular weight excluding hydrogens is 202 g/mol. The lowest BCUT2D eigenvalue weighted by atomic mass is 10.1. The zero-order valence-corrected chi connectivity index (χ0v) is 8.92. The van der Waals surface area contributed by atoms with Crippen molar-refractivity contribution in [2.75, 3.05) is 0 Å². The Labute approximate surface area is 93.0 Å². The number of hydrogen-bond acceptors (Lipinski definition) is 2. The van der Waals surface area contributed by atoms with Gasteiger partial charge in [-0.05, 0) is 17.7 Å². The van der Waals surface area contributed by atoms with Gasteiger partial charge in [0.05, 0.1) is 18.2 Å². The molecule has 0 saturated carbocycles. The average molecular weight is 213 g/mol. The van der Waals surface area contributed by atoms with Crippen LogP contribution in [0.2, 0.25) is 0 Å². The minimum atomic E-state index is -0.0759. The summed E-state index contributed by atoms with van der Waals surface area (Å²) in [6.45, 7) is 0. The van der Waals surface area contributed by atoms with E-state index in [0.717, 1.165) is 11.3 Å². The van der Waals surface area contributed by atoms with Gasteiger partial charge >= 0.3 is 5.69 Å². The fraction of sp³-hybridized carbons (Fsp3) is 0.167. The summed E-state index contributed by atoms with van der Waals surface area (Å²) in [6.07, 6.45) is 3.83. The number of nitrogens with zero attached hydrogens (tertiary/aromatic N) is 3. The molecule has 0 fully saturated rings. The van der Waals surface area contributed by atoms with Gasteiger partial charge in [0.2, 0.25) is 0 Å². The van der Waals surface area contributed by atoms with E-state index in [-0.39, 0.29) is 5.69 Å². The molecule has 0 aliphatic heterocycles. The SMILES string of the molecule is Cn1ccn(-c2ccc(CC#N)cc2)c1=O. The van der Waals surface area contributed by atoms with E-state index in [2.05, 4.69) is 6.07 Å². The minimum Gasteiger partial charge on any atom is -0.302 e. The monoisotopic (exact) mass is 213 g/mol. The molecule has 0 unspecified atom stereocenters. The van der Waals surface area contributed by atoms with Crippen LogP contribution in [0.1, 0.15) is 5.56 Å². The molecule has 0 N–H and O–H groups in total. The number of hydrogen-bond donors (Lipinski definition) is 0. The van der Waals surface area contributed by atoms with Crippen LogP contribution in [0.5, 0.6) is 0 Å². The summed E-state index contributed by atoms with van der Waals surface area (Å²) in [4.78, 5) is 11.7. The first-order valence-electron chi connectivity index (χ1n) is 4.92. The minimum absolute atomic E-state index is 0.0759. The Morgan fingerprint density at radius 3 is 2.44 bits per heavy atom. The molecule has 1 aromatic carbocycles. The first kappa shape index (κ1) is 10.2. The van der Waals surface area contributed by atoms with Crippen molar-refractivity contribution < 1.29 is 0 Å². The molecule has 16 heavy (non-hydrogen) atoms. The number of rotatable bonds is 2. The molecule has 0 saturated heterocycles. The molecule has 4 nitrogen and oxygen atoms in total. The van der Waals surface area contributed by atoms with Crippen LogP contribution in [0.3, 0.4) is 0 Å². The zero-order valence-electron chi connectivity index (χ0n) is 8.92. The van der Waals surface area contributed by atoms with Gasteiger partial charge in [-0.25, -0.2) is 4.79 Å². The van der Waals surface area contributed by atoms with Crippen molar-refractivity contribution in [2.45, 2.75) is 6.42 Å². The molecule has 1 heterocycles. The molecule has 80 valence electrons. The van der Waals surface area contributed by atoms with Crippen LogP contribution in [0.25, 0.3) is 5.69 Å². The molecule has 0 bridgehead atoms. The maximum absolute atomic E-state index is 11.7. The quantitative estimate of drug-likeness (QED) is 0.753. The molecule has 0 atom stereocenters. The van der Waals surface area contributed by atoms with Crippen LogP contribution in [0.4, 0.5) is 0 Å². The maximum Gasteiger partial charge on any atom is 0.332 e. The van der Waals surface area contributed by atoms with Crippen LogP contribution in [-0.4, -0.2) is 9.13 Å². The lowest BCUT2D eigenvalue weighted by Gasteiger charge is -2.01. The average Bonchev–Trinajstić information content (AvgIpc) is 2.62. The fourth-order valence-electron chi connectivity index (χ4n) is 1.53. The second-order valence-electron chi connectivity index (χ2n) is 3.56. The van der Waals surface area contributed by atoms with E-state index in [0.29, 0.717) is 6.42 Å². The van der Waals surface area contributed by atoms with Crippen molar-refractivity contribution in [3.8, 4) is 11.8 Å². The van der Waals surface area contributed by atoms with Crippen molar-refractivity contribution in [1.29, 1.82) is 5.26 Å².